The third-order valence-corrected chi connectivity index (χ3v) is 4.24. The van der Waals surface area contributed by atoms with Crippen LogP contribution in [0.25, 0.3) is 0 Å². The zero-order valence-corrected chi connectivity index (χ0v) is 19.9. The molecule has 33 heavy (non-hydrogen) atoms. The monoisotopic (exact) mass is 482 g/mol. The molecule has 1 fully saturated rings. The zero-order chi connectivity index (χ0) is 25.1. The second kappa shape index (κ2) is 20.0. The number of ether oxygens (including phenoxy) is 5. The normalized spacial score (nSPS) is 22.5. The van der Waals surface area contributed by atoms with Crippen molar-refractivity contribution in [2.24, 2.45) is 5.73 Å². The highest BCUT2D eigenvalue weighted by Gasteiger charge is 2.36. The largest absolute Gasteiger partial charge is 0.394 e. The molecule has 0 aromatic rings. The number of unbranched alkanes of at least 4 members (excludes halogenated alkanes) is 1. The third-order valence-electron chi connectivity index (χ3n) is 4.24. The Hall–Kier alpha value is -1.38. The summed E-state index contributed by atoms with van der Waals surface area (Å²) in [6, 6.07) is 0. The zero-order valence-electron chi connectivity index (χ0n) is 19.9. The van der Waals surface area contributed by atoms with Gasteiger partial charge in [-0.05, 0) is 26.7 Å². The van der Waals surface area contributed by atoms with Gasteiger partial charge in [0.05, 0.1) is 38.6 Å². The molecule has 2 amide bonds. The standard InChI is InChI=1S/C19H37NO9.C2H5NO/c1-14(2)28-13-26-10-9-25-8-6-20-17(23)5-3-4-7-27-18-11-15(22)19(24)16(12-21)29-18;1-2(3)4/h14-16,18-19,21-22,24H,3-13H2,1-2H3,(H,20,23);1H3,(H2,3,4). The van der Waals surface area contributed by atoms with E-state index in [2.05, 4.69) is 11.1 Å². The summed E-state index contributed by atoms with van der Waals surface area (Å²) in [5.74, 6) is -0.386. The summed E-state index contributed by atoms with van der Waals surface area (Å²) in [6.07, 6.45) is -1.65. The Morgan fingerprint density at radius 1 is 1.12 bits per heavy atom. The lowest BCUT2D eigenvalue weighted by Gasteiger charge is -2.36. The maximum absolute atomic E-state index is 11.7. The first-order valence-electron chi connectivity index (χ1n) is 11.2. The van der Waals surface area contributed by atoms with Gasteiger partial charge in [-0.3, -0.25) is 9.59 Å². The smallest absolute Gasteiger partial charge is 0.220 e. The van der Waals surface area contributed by atoms with E-state index in [1.54, 1.807) is 0 Å². The molecular formula is C21H42N2O10. The van der Waals surface area contributed by atoms with Crippen LogP contribution in [0.15, 0.2) is 0 Å². The van der Waals surface area contributed by atoms with Gasteiger partial charge in [0.1, 0.15) is 19.0 Å². The SMILES string of the molecule is CC(C)OCOCCOCCNC(=O)CCCCOC1CC(O)C(O)C(CO)O1.CC(N)=O. The minimum atomic E-state index is -1.11. The molecule has 12 nitrogen and oxygen atoms in total. The number of aliphatic hydroxyl groups is 3. The maximum Gasteiger partial charge on any atom is 0.220 e. The average molecular weight is 483 g/mol. The average Bonchev–Trinajstić information content (AvgIpc) is 2.74. The van der Waals surface area contributed by atoms with E-state index in [0.29, 0.717) is 52.2 Å². The summed E-state index contributed by atoms with van der Waals surface area (Å²) in [4.78, 5) is 21.0. The van der Waals surface area contributed by atoms with Gasteiger partial charge in [-0.25, -0.2) is 0 Å². The molecule has 0 aromatic carbocycles. The minimum absolute atomic E-state index is 0.0528. The number of primary amides is 1. The molecule has 0 spiro atoms. The highest BCUT2D eigenvalue weighted by molar-refractivity contribution is 5.75. The van der Waals surface area contributed by atoms with Crippen LogP contribution >= 0.6 is 0 Å². The highest BCUT2D eigenvalue weighted by Crippen LogP contribution is 2.21. The van der Waals surface area contributed by atoms with E-state index in [1.165, 1.54) is 6.92 Å². The van der Waals surface area contributed by atoms with Gasteiger partial charge < -0.3 is 50.1 Å². The number of nitrogens with two attached hydrogens (primary N) is 1. The van der Waals surface area contributed by atoms with Crippen LogP contribution in [0.5, 0.6) is 0 Å². The van der Waals surface area contributed by atoms with E-state index < -0.39 is 24.6 Å². The number of hydrogen-bond acceptors (Lipinski definition) is 10. The third kappa shape index (κ3) is 18.7. The van der Waals surface area contributed by atoms with Gasteiger partial charge >= 0.3 is 0 Å². The number of carbonyl (C=O) groups excluding carboxylic acids is 2. The van der Waals surface area contributed by atoms with Crippen LogP contribution in [-0.2, 0) is 33.3 Å². The van der Waals surface area contributed by atoms with Crippen LogP contribution in [0.2, 0.25) is 0 Å². The van der Waals surface area contributed by atoms with Gasteiger partial charge in [0.15, 0.2) is 6.29 Å². The lowest BCUT2D eigenvalue weighted by Crippen LogP contribution is -2.50. The van der Waals surface area contributed by atoms with Gasteiger partial charge in [-0.15, -0.1) is 0 Å². The Balaban J connectivity index is 0.00000235. The summed E-state index contributed by atoms with van der Waals surface area (Å²) in [5.41, 5.74) is 4.47. The fourth-order valence-electron chi connectivity index (χ4n) is 2.59. The molecule has 0 radical (unpaired) electrons. The Labute approximate surface area is 195 Å². The molecule has 196 valence electrons. The molecule has 6 N–H and O–H groups in total. The number of amides is 2. The Morgan fingerprint density at radius 2 is 1.79 bits per heavy atom. The van der Waals surface area contributed by atoms with Gasteiger partial charge in [-0.2, -0.15) is 0 Å². The minimum Gasteiger partial charge on any atom is -0.394 e. The van der Waals surface area contributed by atoms with Crippen LogP contribution < -0.4 is 11.1 Å². The molecule has 0 bridgehead atoms. The van der Waals surface area contributed by atoms with Gasteiger partial charge in [0.25, 0.3) is 0 Å². The first kappa shape index (κ1) is 31.6. The van der Waals surface area contributed by atoms with Crippen molar-refractivity contribution in [2.75, 3.05) is 46.4 Å². The van der Waals surface area contributed by atoms with Gasteiger partial charge in [0, 0.05) is 32.9 Å². The van der Waals surface area contributed by atoms with E-state index in [4.69, 9.17) is 28.8 Å². The van der Waals surface area contributed by atoms with E-state index >= 15 is 0 Å². The van der Waals surface area contributed by atoms with Crippen LogP contribution in [0.1, 0.15) is 46.5 Å². The van der Waals surface area contributed by atoms with Crippen molar-refractivity contribution in [1.82, 2.24) is 5.32 Å². The molecule has 1 heterocycles. The van der Waals surface area contributed by atoms with E-state index in [0.717, 1.165) is 0 Å². The molecule has 0 aliphatic carbocycles. The second-order valence-electron chi connectivity index (χ2n) is 7.72. The van der Waals surface area contributed by atoms with Crippen LogP contribution in [-0.4, -0.2) is 104 Å². The molecule has 12 heteroatoms. The van der Waals surface area contributed by atoms with Crippen LogP contribution in [0.3, 0.4) is 0 Å². The van der Waals surface area contributed by atoms with E-state index in [1.807, 2.05) is 13.8 Å². The second-order valence-corrected chi connectivity index (χ2v) is 7.72. The number of hydrogen-bond donors (Lipinski definition) is 5. The molecule has 1 rings (SSSR count). The van der Waals surface area contributed by atoms with Gasteiger partial charge in [-0.1, -0.05) is 0 Å². The number of rotatable bonds is 16. The quantitative estimate of drug-likeness (QED) is 0.136. The summed E-state index contributed by atoms with van der Waals surface area (Å²) in [5, 5.41) is 31.3. The maximum atomic E-state index is 11.7. The Morgan fingerprint density at radius 3 is 2.42 bits per heavy atom. The van der Waals surface area contributed by atoms with Crippen LogP contribution in [0, 0.1) is 0 Å². The summed E-state index contributed by atoms with van der Waals surface area (Å²) in [6.45, 7) is 7.15. The highest BCUT2D eigenvalue weighted by atomic mass is 16.7. The van der Waals surface area contributed by atoms with Crippen molar-refractivity contribution in [2.45, 2.75) is 77.2 Å². The molecule has 4 unspecified atom stereocenters. The molecular weight excluding hydrogens is 440 g/mol. The molecule has 1 aliphatic rings. The van der Waals surface area contributed by atoms with E-state index in [-0.39, 0.29) is 37.7 Å². The molecule has 1 aliphatic heterocycles. The number of aliphatic hydroxyl groups excluding tert-OH is 3. The van der Waals surface area contributed by atoms with Crippen LogP contribution in [0.4, 0.5) is 0 Å². The Bertz CT molecular complexity index is 505. The lowest BCUT2D eigenvalue weighted by molar-refractivity contribution is -0.256. The van der Waals surface area contributed by atoms with Crippen molar-refractivity contribution in [3.63, 3.8) is 0 Å². The first-order chi connectivity index (χ1) is 15.7. The summed E-state index contributed by atoms with van der Waals surface area (Å²) >= 11 is 0. The molecule has 0 aromatic heterocycles. The van der Waals surface area contributed by atoms with Crippen molar-refractivity contribution in [3.8, 4) is 0 Å². The summed E-state index contributed by atoms with van der Waals surface area (Å²) in [7, 11) is 0. The van der Waals surface area contributed by atoms with Crippen molar-refractivity contribution < 1.29 is 48.6 Å². The summed E-state index contributed by atoms with van der Waals surface area (Å²) < 4.78 is 26.7. The number of carbonyl (C=O) groups is 2. The van der Waals surface area contributed by atoms with Crippen molar-refractivity contribution in [1.29, 1.82) is 0 Å². The number of nitrogens with one attached hydrogen (secondary N) is 1. The van der Waals surface area contributed by atoms with Crippen molar-refractivity contribution in [3.05, 3.63) is 0 Å². The molecule has 1 saturated heterocycles. The first-order valence-corrected chi connectivity index (χ1v) is 11.2. The molecule has 4 atom stereocenters. The van der Waals surface area contributed by atoms with Gasteiger partial charge in [0.2, 0.25) is 11.8 Å². The van der Waals surface area contributed by atoms with Crippen molar-refractivity contribution >= 4 is 11.8 Å². The Kier molecular flexibility index (Phi) is 19.2. The topological polar surface area (TPSA) is 179 Å². The predicted octanol–water partition coefficient (Wildman–Crippen LogP) is -0.974. The molecule has 0 saturated carbocycles. The fraction of sp³-hybridized carbons (Fsp3) is 0.905. The fourth-order valence-corrected chi connectivity index (χ4v) is 2.59. The predicted molar refractivity (Wildman–Crippen MR) is 118 cm³/mol. The van der Waals surface area contributed by atoms with E-state index in [9.17, 15) is 19.8 Å². The lowest BCUT2D eigenvalue weighted by atomic mass is 10.0.